The van der Waals surface area contributed by atoms with Gasteiger partial charge < -0.3 is 10.4 Å². The third-order valence-electron chi connectivity index (χ3n) is 2.77. The molecular weight excluding hydrogens is 142 g/mol. The Kier molecular flexibility index (Phi) is 2.18. The molecule has 1 saturated heterocycles. The molecule has 1 aliphatic rings. The molecule has 1 fully saturated rings. The fraction of sp³-hybridized carbons (Fsp3) is 0.875. The van der Waals surface area contributed by atoms with Gasteiger partial charge >= 0.3 is 5.97 Å². The van der Waals surface area contributed by atoms with Crippen molar-refractivity contribution in [2.24, 2.45) is 11.3 Å². The zero-order valence-electron chi connectivity index (χ0n) is 7.05. The van der Waals surface area contributed by atoms with Crippen LogP contribution in [-0.4, -0.2) is 24.2 Å². The van der Waals surface area contributed by atoms with E-state index >= 15 is 0 Å². The number of hydrogen-bond donors (Lipinski definition) is 2. The highest BCUT2D eigenvalue weighted by Crippen LogP contribution is 2.33. The lowest BCUT2D eigenvalue weighted by Crippen LogP contribution is -2.35. The van der Waals surface area contributed by atoms with Crippen molar-refractivity contribution >= 4 is 5.97 Å². The first-order valence-electron chi connectivity index (χ1n) is 4.05. The summed E-state index contributed by atoms with van der Waals surface area (Å²) in [5.41, 5.74) is -0.533. The van der Waals surface area contributed by atoms with Crippen LogP contribution in [0.4, 0.5) is 0 Å². The Labute approximate surface area is 66.8 Å². The summed E-state index contributed by atoms with van der Waals surface area (Å²) in [6, 6.07) is 0. The summed E-state index contributed by atoms with van der Waals surface area (Å²) >= 11 is 0. The molecule has 0 bridgehead atoms. The first kappa shape index (κ1) is 8.53. The molecule has 0 radical (unpaired) electrons. The van der Waals surface area contributed by atoms with Gasteiger partial charge in [0.2, 0.25) is 0 Å². The average Bonchev–Trinajstić information content (AvgIpc) is 2.32. The minimum Gasteiger partial charge on any atom is -0.481 e. The summed E-state index contributed by atoms with van der Waals surface area (Å²) in [7, 11) is 0. The van der Waals surface area contributed by atoms with Crippen LogP contribution in [0.3, 0.4) is 0 Å². The number of rotatable bonds is 2. The van der Waals surface area contributed by atoms with E-state index in [-0.39, 0.29) is 0 Å². The highest BCUT2D eigenvalue weighted by atomic mass is 16.4. The molecule has 2 N–H and O–H groups in total. The number of hydrogen-bond acceptors (Lipinski definition) is 2. The topological polar surface area (TPSA) is 49.3 Å². The lowest BCUT2D eigenvalue weighted by atomic mass is 9.79. The van der Waals surface area contributed by atoms with E-state index in [1.807, 2.05) is 13.8 Å². The van der Waals surface area contributed by atoms with E-state index in [9.17, 15) is 4.79 Å². The molecule has 1 heterocycles. The zero-order valence-corrected chi connectivity index (χ0v) is 7.05. The summed E-state index contributed by atoms with van der Waals surface area (Å²) in [6.45, 7) is 5.32. The van der Waals surface area contributed by atoms with Gasteiger partial charge in [0.15, 0.2) is 0 Å². The lowest BCUT2D eigenvalue weighted by molar-refractivity contribution is -0.149. The Morgan fingerprint density at radius 2 is 2.45 bits per heavy atom. The van der Waals surface area contributed by atoms with Gasteiger partial charge in [-0.15, -0.1) is 0 Å². The van der Waals surface area contributed by atoms with Crippen molar-refractivity contribution in [3.05, 3.63) is 0 Å². The first-order chi connectivity index (χ1) is 5.11. The molecule has 1 aliphatic heterocycles. The van der Waals surface area contributed by atoms with Crippen molar-refractivity contribution in [3.63, 3.8) is 0 Å². The van der Waals surface area contributed by atoms with E-state index in [0.717, 1.165) is 13.0 Å². The molecule has 0 aromatic heterocycles. The van der Waals surface area contributed by atoms with Crippen LogP contribution in [0.2, 0.25) is 0 Å². The van der Waals surface area contributed by atoms with Crippen LogP contribution in [-0.2, 0) is 4.79 Å². The molecule has 3 nitrogen and oxygen atoms in total. The third kappa shape index (κ3) is 1.25. The first-order valence-corrected chi connectivity index (χ1v) is 4.05. The van der Waals surface area contributed by atoms with Crippen LogP contribution in [0.15, 0.2) is 0 Å². The van der Waals surface area contributed by atoms with Crippen LogP contribution < -0.4 is 5.32 Å². The summed E-state index contributed by atoms with van der Waals surface area (Å²) in [6.07, 6.45) is 0.940. The van der Waals surface area contributed by atoms with Gasteiger partial charge in [-0.1, -0.05) is 13.3 Å². The highest BCUT2D eigenvalue weighted by molar-refractivity contribution is 5.75. The molecule has 2 atom stereocenters. The van der Waals surface area contributed by atoms with Crippen LogP contribution >= 0.6 is 0 Å². The summed E-state index contributed by atoms with van der Waals surface area (Å²) in [5, 5.41) is 12.0. The monoisotopic (exact) mass is 157 g/mol. The van der Waals surface area contributed by atoms with E-state index in [4.69, 9.17) is 5.11 Å². The molecule has 0 spiro atoms. The lowest BCUT2D eigenvalue weighted by Gasteiger charge is -2.24. The van der Waals surface area contributed by atoms with Crippen molar-refractivity contribution in [1.29, 1.82) is 0 Å². The van der Waals surface area contributed by atoms with Crippen LogP contribution in [0.5, 0.6) is 0 Å². The van der Waals surface area contributed by atoms with Crippen LogP contribution in [0.25, 0.3) is 0 Å². The summed E-state index contributed by atoms with van der Waals surface area (Å²) < 4.78 is 0. The highest BCUT2D eigenvalue weighted by Gasteiger charge is 2.43. The quantitative estimate of drug-likeness (QED) is 0.620. The fourth-order valence-corrected chi connectivity index (χ4v) is 1.72. The van der Waals surface area contributed by atoms with Crippen molar-refractivity contribution < 1.29 is 9.90 Å². The second kappa shape index (κ2) is 2.81. The largest absolute Gasteiger partial charge is 0.481 e. The van der Waals surface area contributed by atoms with Crippen molar-refractivity contribution in [2.75, 3.05) is 13.1 Å². The second-order valence-electron chi connectivity index (χ2n) is 3.46. The van der Waals surface area contributed by atoms with Gasteiger partial charge in [-0.05, 0) is 19.4 Å². The maximum absolute atomic E-state index is 10.9. The maximum Gasteiger partial charge on any atom is 0.310 e. The third-order valence-corrected chi connectivity index (χ3v) is 2.77. The van der Waals surface area contributed by atoms with E-state index in [1.165, 1.54) is 0 Å². The molecule has 0 aromatic rings. The van der Waals surface area contributed by atoms with E-state index in [1.54, 1.807) is 0 Å². The van der Waals surface area contributed by atoms with Crippen molar-refractivity contribution in [1.82, 2.24) is 5.32 Å². The molecule has 2 unspecified atom stereocenters. The van der Waals surface area contributed by atoms with Gasteiger partial charge in [0, 0.05) is 6.54 Å². The number of carboxylic acids is 1. The second-order valence-corrected chi connectivity index (χ2v) is 3.46. The van der Waals surface area contributed by atoms with Gasteiger partial charge in [-0.2, -0.15) is 0 Å². The summed E-state index contributed by atoms with van der Waals surface area (Å²) in [4.78, 5) is 10.9. The molecule has 0 amide bonds. The number of carboxylic acid groups (broad SMARTS) is 1. The van der Waals surface area contributed by atoms with E-state index < -0.39 is 11.4 Å². The van der Waals surface area contributed by atoms with E-state index in [2.05, 4.69) is 5.32 Å². The standard InChI is InChI=1S/C8H15NO2/c1-3-6-4-9-5-8(6,2)7(10)11/h6,9H,3-5H2,1-2H3,(H,10,11). The molecule has 11 heavy (non-hydrogen) atoms. The van der Waals surface area contributed by atoms with Gasteiger partial charge in [-0.25, -0.2) is 0 Å². The normalized spacial score (nSPS) is 37.5. The Hall–Kier alpha value is -0.570. The summed E-state index contributed by atoms with van der Waals surface area (Å²) in [5.74, 6) is -0.380. The molecule has 0 saturated carbocycles. The smallest absolute Gasteiger partial charge is 0.310 e. The molecule has 64 valence electrons. The van der Waals surface area contributed by atoms with Gasteiger partial charge in [-0.3, -0.25) is 4.79 Å². The Bertz CT molecular complexity index is 169. The van der Waals surface area contributed by atoms with Crippen molar-refractivity contribution in [2.45, 2.75) is 20.3 Å². The Balaban J connectivity index is 2.75. The van der Waals surface area contributed by atoms with E-state index in [0.29, 0.717) is 12.5 Å². The average molecular weight is 157 g/mol. The predicted molar refractivity (Wildman–Crippen MR) is 42.4 cm³/mol. The van der Waals surface area contributed by atoms with Gasteiger partial charge in [0.05, 0.1) is 5.41 Å². The van der Waals surface area contributed by atoms with Crippen LogP contribution in [0, 0.1) is 11.3 Å². The Morgan fingerprint density at radius 1 is 1.82 bits per heavy atom. The number of nitrogens with one attached hydrogen (secondary N) is 1. The number of carbonyl (C=O) groups is 1. The maximum atomic E-state index is 10.9. The van der Waals surface area contributed by atoms with Crippen LogP contribution in [0.1, 0.15) is 20.3 Å². The SMILES string of the molecule is CCC1CNCC1(C)C(=O)O. The van der Waals surface area contributed by atoms with Crippen molar-refractivity contribution in [3.8, 4) is 0 Å². The van der Waals surface area contributed by atoms with Gasteiger partial charge in [0.1, 0.15) is 0 Å². The molecule has 0 aromatic carbocycles. The number of aliphatic carboxylic acids is 1. The Morgan fingerprint density at radius 3 is 2.82 bits per heavy atom. The van der Waals surface area contributed by atoms with Gasteiger partial charge in [0.25, 0.3) is 0 Å². The molecule has 3 heteroatoms. The zero-order chi connectivity index (χ0) is 8.48. The molecule has 0 aliphatic carbocycles. The minimum atomic E-state index is -0.672. The molecular formula is C8H15NO2. The predicted octanol–water partition coefficient (Wildman–Crippen LogP) is 0.707. The fourth-order valence-electron chi connectivity index (χ4n) is 1.72. The minimum absolute atomic E-state index is 0.292. The molecule has 1 rings (SSSR count).